The highest BCUT2D eigenvalue weighted by Crippen LogP contribution is 2.43. The molecule has 0 aliphatic carbocycles. The number of hydrogen-bond acceptors (Lipinski definition) is 9. The van der Waals surface area contributed by atoms with E-state index >= 15 is 0 Å². The summed E-state index contributed by atoms with van der Waals surface area (Å²) >= 11 is 0. The maximum Gasteiger partial charge on any atom is 0.472 e. The second-order valence-corrected chi connectivity index (χ2v) is 16.5. The quantitative estimate of drug-likeness (QED) is 0.0235. The van der Waals surface area contributed by atoms with Crippen molar-refractivity contribution in [2.75, 3.05) is 26.4 Å². The van der Waals surface area contributed by atoms with Gasteiger partial charge in [-0.15, -0.1) is 0 Å². The number of ether oxygens (including phenoxy) is 2. The van der Waals surface area contributed by atoms with Crippen molar-refractivity contribution in [3.63, 3.8) is 0 Å². The third-order valence-corrected chi connectivity index (χ3v) is 10.4. The van der Waals surface area contributed by atoms with Crippen molar-refractivity contribution in [2.45, 2.75) is 199 Å². The van der Waals surface area contributed by atoms with E-state index in [1.165, 1.54) is 70.6 Å². The minimum atomic E-state index is -4.65. The molecule has 336 valence electrons. The maximum atomic E-state index is 12.4. The number of phosphoric acid groups is 1. The first-order chi connectivity index (χ1) is 28.3. The van der Waals surface area contributed by atoms with Crippen LogP contribution >= 0.6 is 7.82 Å². The summed E-state index contributed by atoms with van der Waals surface area (Å²) in [5, 5.41) is 19.2. The van der Waals surface area contributed by atoms with Gasteiger partial charge in [-0.2, -0.15) is 0 Å². The van der Waals surface area contributed by atoms with Crippen molar-refractivity contribution in [1.29, 1.82) is 0 Å². The molecule has 3 atom stereocenters. The molecule has 10 nitrogen and oxygen atoms in total. The lowest BCUT2D eigenvalue weighted by Gasteiger charge is -2.20. The molecule has 0 aliphatic rings. The van der Waals surface area contributed by atoms with Crippen LogP contribution in [0, 0.1) is 0 Å². The first kappa shape index (κ1) is 55.7. The number of phosphoric ester groups is 1. The molecule has 0 aromatic carbocycles. The van der Waals surface area contributed by atoms with E-state index in [2.05, 4.69) is 74.6 Å². The molecular formula is C47H83O10P. The van der Waals surface area contributed by atoms with Gasteiger partial charge in [0.05, 0.1) is 26.4 Å². The number of rotatable bonds is 42. The molecular weight excluding hydrogens is 755 g/mol. The Labute approximate surface area is 353 Å². The Morgan fingerprint density at radius 3 is 1.19 bits per heavy atom. The molecule has 0 spiro atoms. The Bertz CT molecular complexity index is 1150. The summed E-state index contributed by atoms with van der Waals surface area (Å²) in [6.07, 6.45) is 47.6. The summed E-state index contributed by atoms with van der Waals surface area (Å²) in [5.41, 5.74) is 0. The van der Waals surface area contributed by atoms with Crippen LogP contribution in [0.2, 0.25) is 0 Å². The molecule has 0 aromatic rings. The summed E-state index contributed by atoms with van der Waals surface area (Å²) in [5.74, 6) is -1.05. The molecule has 0 aliphatic heterocycles. The zero-order valence-electron chi connectivity index (χ0n) is 36.5. The minimum absolute atomic E-state index is 0.162. The smallest absolute Gasteiger partial charge is 0.457 e. The second-order valence-electron chi connectivity index (χ2n) is 15.0. The summed E-state index contributed by atoms with van der Waals surface area (Å²) in [6.45, 7) is 2.06. The highest BCUT2D eigenvalue weighted by molar-refractivity contribution is 7.47. The van der Waals surface area contributed by atoms with E-state index in [1.807, 2.05) is 0 Å². The van der Waals surface area contributed by atoms with Gasteiger partial charge in [-0.25, -0.2) is 4.57 Å². The van der Waals surface area contributed by atoms with E-state index in [9.17, 15) is 29.3 Å². The van der Waals surface area contributed by atoms with E-state index < -0.39 is 58.4 Å². The number of esters is 2. The second kappa shape index (κ2) is 42.8. The van der Waals surface area contributed by atoms with E-state index in [-0.39, 0.29) is 12.8 Å². The predicted molar refractivity (Wildman–Crippen MR) is 237 cm³/mol. The molecule has 11 heteroatoms. The fraction of sp³-hybridized carbons (Fsp3) is 0.745. The van der Waals surface area contributed by atoms with Gasteiger partial charge in [-0.05, 0) is 77.0 Å². The van der Waals surface area contributed by atoms with Crippen LogP contribution in [0.3, 0.4) is 0 Å². The average Bonchev–Trinajstić information content (AvgIpc) is 3.21. The zero-order valence-corrected chi connectivity index (χ0v) is 37.4. The Kier molecular flexibility index (Phi) is 41.1. The average molecular weight is 839 g/mol. The van der Waals surface area contributed by atoms with Crippen LogP contribution in [0.4, 0.5) is 0 Å². The van der Waals surface area contributed by atoms with Crippen LogP contribution < -0.4 is 0 Å². The lowest BCUT2D eigenvalue weighted by molar-refractivity contribution is -0.153. The zero-order chi connectivity index (χ0) is 42.6. The van der Waals surface area contributed by atoms with Gasteiger partial charge in [0.2, 0.25) is 0 Å². The standard InChI is InChI=1S/C47H83O10P/c1-3-5-7-9-11-13-15-17-19-21-23-25-27-29-31-33-35-37-39-47(51)57-45(41-49)43-55-58(52,53)54-42-44(40-48)56-46(50)38-36-34-32-30-28-26-24-22-20-18-16-14-12-10-8-6-4-2/h6,8,12,14,18-21,24,26,44-45,48-49H,3-5,7,9-11,13,15-17,22-23,25,27-43H2,1-2H3,(H,52,53)/b8-6-,14-12-,20-18-,21-19-,26-24-. The highest BCUT2D eigenvalue weighted by atomic mass is 31.2. The molecule has 0 saturated carbocycles. The Balaban J connectivity index is 3.95. The fourth-order valence-electron chi connectivity index (χ4n) is 5.98. The van der Waals surface area contributed by atoms with Gasteiger partial charge in [0.15, 0.2) is 0 Å². The van der Waals surface area contributed by atoms with Gasteiger partial charge in [0, 0.05) is 12.8 Å². The third kappa shape index (κ3) is 40.4. The van der Waals surface area contributed by atoms with Crippen LogP contribution in [0.15, 0.2) is 60.8 Å². The van der Waals surface area contributed by atoms with E-state index in [1.54, 1.807) is 0 Å². The Morgan fingerprint density at radius 1 is 0.483 bits per heavy atom. The summed E-state index contributed by atoms with van der Waals surface area (Å²) in [6, 6.07) is 0. The summed E-state index contributed by atoms with van der Waals surface area (Å²) in [4.78, 5) is 34.6. The van der Waals surface area contributed by atoms with Crippen molar-refractivity contribution >= 4 is 19.8 Å². The molecule has 0 heterocycles. The molecule has 0 radical (unpaired) electrons. The Morgan fingerprint density at radius 2 is 0.810 bits per heavy atom. The number of hydrogen-bond donors (Lipinski definition) is 3. The molecule has 0 amide bonds. The summed E-state index contributed by atoms with van der Waals surface area (Å²) in [7, 11) is -4.65. The van der Waals surface area contributed by atoms with Crippen LogP contribution in [0.1, 0.15) is 187 Å². The number of aliphatic hydroxyl groups excluding tert-OH is 2. The number of carbonyl (C=O) groups excluding carboxylic acids is 2. The molecule has 58 heavy (non-hydrogen) atoms. The largest absolute Gasteiger partial charge is 0.472 e. The van der Waals surface area contributed by atoms with E-state index in [0.717, 1.165) is 77.0 Å². The van der Waals surface area contributed by atoms with Gasteiger partial charge in [0.25, 0.3) is 0 Å². The van der Waals surface area contributed by atoms with E-state index in [0.29, 0.717) is 12.8 Å². The third-order valence-electron chi connectivity index (χ3n) is 9.46. The molecule has 0 fully saturated rings. The van der Waals surface area contributed by atoms with Gasteiger partial charge in [-0.1, -0.05) is 158 Å². The van der Waals surface area contributed by atoms with Crippen molar-refractivity contribution < 1.29 is 47.8 Å². The maximum absolute atomic E-state index is 12.4. The molecule has 0 rings (SSSR count). The molecule has 3 unspecified atom stereocenters. The number of unbranched alkanes of at least 4 members (excludes halogenated alkanes) is 18. The first-order valence-corrected chi connectivity index (χ1v) is 24.2. The molecule has 0 bridgehead atoms. The van der Waals surface area contributed by atoms with Crippen LogP contribution in [-0.2, 0) is 32.7 Å². The van der Waals surface area contributed by atoms with Gasteiger partial charge in [0.1, 0.15) is 12.2 Å². The highest BCUT2D eigenvalue weighted by Gasteiger charge is 2.27. The van der Waals surface area contributed by atoms with Gasteiger partial charge < -0.3 is 24.6 Å². The SMILES string of the molecule is CC/C=C\C/C=C\C/C=C\C/C=C\CCCCCCC(=O)OC(CO)COP(=O)(O)OCC(CO)OC(=O)CCCCCCCCC/C=C\CCCCCCCCC. The molecule has 0 saturated heterocycles. The predicted octanol–water partition coefficient (Wildman–Crippen LogP) is 12.3. The van der Waals surface area contributed by atoms with Gasteiger partial charge in [-0.3, -0.25) is 18.6 Å². The van der Waals surface area contributed by atoms with Crippen LogP contribution in [0.5, 0.6) is 0 Å². The first-order valence-electron chi connectivity index (χ1n) is 22.7. The molecule has 3 N–H and O–H groups in total. The monoisotopic (exact) mass is 839 g/mol. The molecule has 0 aromatic heterocycles. The van der Waals surface area contributed by atoms with Gasteiger partial charge >= 0.3 is 19.8 Å². The normalized spacial score (nSPS) is 14.4. The minimum Gasteiger partial charge on any atom is -0.457 e. The number of allylic oxidation sites excluding steroid dienone is 10. The van der Waals surface area contributed by atoms with Crippen molar-refractivity contribution in [1.82, 2.24) is 0 Å². The Hall–Kier alpha value is -2.33. The summed E-state index contributed by atoms with van der Waals surface area (Å²) < 4.78 is 32.6. The van der Waals surface area contributed by atoms with Crippen LogP contribution in [0.25, 0.3) is 0 Å². The van der Waals surface area contributed by atoms with Crippen molar-refractivity contribution in [3.8, 4) is 0 Å². The fourth-order valence-corrected chi connectivity index (χ4v) is 6.77. The lowest BCUT2D eigenvalue weighted by Crippen LogP contribution is -2.28. The van der Waals surface area contributed by atoms with Crippen molar-refractivity contribution in [2.24, 2.45) is 0 Å². The van der Waals surface area contributed by atoms with E-state index in [4.69, 9.17) is 18.5 Å². The topological polar surface area (TPSA) is 149 Å². The van der Waals surface area contributed by atoms with Crippen LogP contribution in [-0.4, -0.2) is 65.7 Å². The number of carbonyl (C=O) groups is 2. The van der Waals surface area contributed by atoms with Crippen molar-refractivity contribution in [3.05, 3.63) is 60.8 Å². The number of aliphatic hydroxyl groups is 2. The lowest BCUT2D eigenvalue weighted by atomic mass is 10.1.